The lowest BCUT2D eigenvalue weighted by Gasteiger charge is -2.46. The molecule has 4 rings (SSSR count). The molecular formula is C21H21F3N4O2. The third-order valence-corrected chi connectivity index (χ3v) is 5.44. The molecule has 2 saturated heterocycles. The molecule has 0 saturated carbocycles. The first-order valence-corrected chi connectivity index (χ1v) is 9.66. The SMILES string of the molecule is N#Cc1ccc(N(CCC2OCC3(CNC3)CO2)Cc2c(F)cc(F)cc2F)nc1. The number of nitriles is 1. The normalized spacial score (nSPS) is 18.1. The zero-order chi connectivity index (χ0) is 21.1. The van der Waals surface area contributed by atoms with Gasteiger partial charge in [-0.1, -0.05) is 0 Å². The standard InChI is InChI=1S/C21H21F3N4O2/c22-15-5-17(23)16(18(24)6-15)9-28(19-2-1-14(7-25)8-27-19)4-3-20-29-12-21(13-30-20)10-26-11-21/h1-2,5-6,8,20,26H,3-4,9-13H2. The molecule has 0 aliphatic carbocycles. The van der Waals surface area contributed by atoms with Crippen LogP contribution in [0.3, 0.4) is 0 Å². The van der Waals surface area contributed by atoms with Crippen LogP contribution in [0.4, 0.5) is 19.0 Å². The highest BCUT2D eigenvalue weighted by molar-refractivity contribution is 5.43. The van der Waals surface area contributed by atoms with Crippen LogP contribution in [0.25, 0.3) is 0 Å². The van der Waals surface area contributed by atoms with Crippen molar-refractivity contribution in [3.63, 3.8) is 0 Å². The van der Waals surface area contributed by atoms with E-state index in [0.717, 1.165) is 13.1 Å². The Balaban J connectivity index is 1.48. The van der Waals surface area contributed by atoms with Crippen LogP contribution < -0.4 is 10.2 Å². The molecule has 1 aromatic carbocycles. The predicted octanol–water partition coefficient (Wildman–Crippen LogP) is 2.73. The van der Waals surface area contributed by atoms with Crippen molar-refractivity contribution in [2.24, 2.45) is 5.41 Å². The lowest BCUT2D eigenvalue weighted by Crippen LogP contribution is -2.61. The number of nitrogens with zero attached hydrogens (tertiary/aromatic N) is 3. The van der Waals surface area contributed by atoms with Crippen LogP contribution in [0, 0.1) is 34.2 Å². The molecular weight excluding hydrogens is 397 g/mol. The number of ether oxygens (including phenoxy) is 2. The van der Waals surface area contributed by atoms with E-state index in [4.69, 9.17) is 14.7 Å². The van der Waals surface area contributed by atoms with Gasteiger partial charge >= 0.3 is 0 Å². The van der Waals surface area contributed by atoms with Crippen LogP contribution in [0.5, 0.6) is 0 Å². The fourth-order valence-electron chi connectivity index (χ4n) is 3.57. The van der Waals surface area contributed by atoms with Gasteiger partial charge in [0.15, 0.2) is 6.29 Å². The van der Waals surface area contributed by atoms with Gasteiger partial charge in [0.1, 0.15) is 29.3 Å². The minimum absolute atomic E-state index is 0.0469. The van der Waals surface area contributed by atoms with Crippen LogP contribution in [0.15, 0.2) is 30.5 Å². The molecule has 30 heavy (non-hydrogen) atoms. The lowest BCUT2D eigenvalue weighted by molar-refractivity contribution is -0.239. The van der Waals surface area contributed by atoms with Gasteiger partial charge in [0.25, 0.3) is 0 Å². The quantitative estimate of drug-likeness (QED) is 0.778. The number of nitrogens with one attached hydrogen (secondary N) is 1. The van der Waals surface area contributed by atoms with Crippen LogP contribution in [0.2, 0.25) is 0 Å². The number of hydrogen-bond acceptors (Lipinski definition) is 6. The Bertz CT molecular complexity index is 911. The third-order valence-electron chi connectivity index (χ3n) is 5.44. The first kappa shape index (κ1) is 20.6. The number of halogens is 3. The Hall–Kier alpha value is -2.67. The highest BCUT2D eigenvalue weighted by Crippen LogP contribution is 2.30. The van der Waals surface area contributed by atoms with E-state index in [1.54, 1.807) is 17.0 Å². The van der Waals surface area contributed by atoms with Crippen LogP contribution >= 0.6 is 0 Å². The molecule has 6 nitrogen and oxygen atoms in total. The van der Waals surface area contributed by atoms with Crippen molar-refractivity contribution in [3.8, 4) is 6.07 Å². The zero-order valence-corrected chi connectivity index (χ0v) is 16.2. The van der Waals surface area contributed by atoms with Gasteiger partial charge in [-0.15, -0.1) is 0 Å². The van der Waals surface area contributed by atoms with Gasteiger partial charge in [0, 0.05) is 55.4 Å². The molecule has 2 aliphatic rings. The summed E-state index contributed by atoms with van der Waals surface area (Å²) in [7, 11) is 0. The Morgan fingerprint density at radius 1 is 1.17 bits per heavy atom. The number of aromatic nitrogens is 1. The maximum absolute atomic E-state index is 14.2. The fourth-order valence-corrected chi connectivity index (χ4v) is 3.57. The molecule has 0 amide bonds. The molecule has 1 spiro atoms. The molecule has 0 bridgehead atoms. The first-order valence-electron chi connectivity index (χ1n) is 9.66. The molecule has 9 heteroatoms. The van der Waals surface area contributed by atoms with Gasteiger partial charge in [-0.2, -0.15) is 5.26 Å². The summed E-state index contributed by atoms with van der Waals surface area (Å²) in [5.41, 5.74) is 0.161. The van der Waals surface area contributed by atoms with Crippen molar-refractivity contribution in [2.75, 3.05) is 37.7 Å². The van der Waals surface area contributed by atoms with E-state index in [-0.39, 0.29) is 17.5 Å². The summed E-state index contributed by atoms with van der Waals surface area (Å²) < 4.78 is 53.3. The van der Waals surface area contributed by atoms with Crippen LogP contribution in [-0.2, 0) is 16.0 Å². The maximum Gasteiger partial charge on any atom is 0.159 e. The first-order chi connectivity index (χ1) is 14.5. The Morgan fingerprint density at radius 2 is 1.87 bits per heavy atom. The van der Waals surface area contributed by atoms with E-state index < -0.39 is 23.7 Å². The summed E-state index contributed by atoms with van der Waals surface area (Å²) in [4.78, 5) is 5.88. The van der Waals surface area contributed by atoms with Crippen molar-refractivity contribution < 1.29 is 22.6 Å². The van der Waals surface area contributed by atoms with Gasteiger partial charge in [0.05, 0.1) is 25.3 Å². The zero-order valence-electron chi connectivity index (χ0n) is 16.2. The molecule has 0 radical (unpaired) electrons. The molecule has 1 N–H and O–H groups in total. The molecule has 0 unspecified atom stereocenters. The second-order valence-corrected chi connectivity index (χ2v) is 7.73. The van der Waals surface area contributed by atoms with E-state index in [1.165, 1.54) is 6.20 Å². The highest BCUT2D eigenvalue weighted by Gasteiger charge is 2.42. The molecule has 1 aromatic heterocycles. The summed E-state index contributed by atoms with van der Waals surface area (Å²) in [6, 6.07) is 6.48. The fraction of sp³-hybridized carbons (Fsp3) is 0.429. The smallest absolute Gasteiger partial charge is 0.159 e. The molecule has 0 atom stereocenters. The minimum atomic E-state index is -0.972. The Kier molecular flexibility index (Phi) is 5.90. The van der Waals surface area contributed by atoms with Gasteiger partial charge in [0.2, 0.25) is 0 Å². The molecule has 158 valence electrons. The monoisotopic (exact) mass is 418 g/mol. The van der Waals surface area contributed by atoms with E-state index in [0.29, 0.717) is 49.7 Å². The number of anilines is 1. The van der Waals surface area contributed by atoms with E-state index in [2.05, 4.69) is 10.3 Å². The van der Waals surface area contributed by atoms with Gasteiger partial charge < -0.3 is 19.7 Å². The molecule has 2 fully saturated rings. The van der Waals surface area contributed by atoms with Crippen LogP contribution in [-0.4, -0.2) is 44.1 Å². The third kappa shape index (κ3) is 4.41. The van der Waals surface area contributed by atoms with Crippen molar-refractivity contribution in [1.82, 2.24) is 10.3 Å². The summed E-state index contributed by atoms with van der Waals surface area (Å²) in [5.74, 6) is -2.46. The molecule has 2 aromatic rings. The highest BCUT2D eigenvalue weighted by atomic mass is 19.1. The Morgan fingerprint density at radius 3 is 2.40 bits per heavy atom. The summed E-state index contributed by atoms with van der Waals surface area (Å²) in [6.07, 6.45) is 1.41. The second kappa shape index (κ2) is 8.60. The average Bonchev–Trinajstić information content (AvgIpc) is 2.72. The maximum atomic E-state index is 14.2. The van der Waals surface area contributed by atoms with Crippen molar-refractivity contribution in [1.29, 1.82) is 5.26 Å². The minimum Gasteiger partial charge on any atom is -0.352 e. The second-order valence-electron chi connectivity index (χ2n) is 7.73. The van der Waals surface area contributed by atoms with E-state index in [1.807, 2.05) is 6.07 Å². The van der Waals surface area contributed by atoms with E-state index in [9.17, 15) is 13.2 Å². The largest absolute Gasteiger partial charge is 0.352 e. The van der Waals surface area contributed by atoms with Gasteiger partial charge in [-0.3, -0.25) is 0 Å². The van der Waals surface area contributed by atoms with Crippen molar-refractivity contribution in [3.05, 3.63) is 59.0 Å². The van der Waals surface area contributed by atoms with Gasteiger partial charge in [-0.25, -0.2) is 18.2 Å². The predicted molar refractivity (Wildman–Crippen MR) is 102 cm³/mol. The lowest BCUT2D eigenvalue weighted by atomic mass is 9.83. The summed E-state index contributed by atoms with van der Waals surface area (Å²) in [6.45, 7) is 3.11. The summed E-state index contributed by atoms with van der Waals surface area (Å²) >= 11 is 0. The van der Waals surface area contributed by atoms with Crippen molar-refractivity contribution >= 4 is 5.82 Å². The van der Waals surface area contributed by atoms with Crippen LogP contribution in [0.1, 0.15) is 17.5 Å². The number of benzene rings is 1. The molecule has 2 aliphatic heterocycles. The number of rotatable bonds is 6. The van der Waals surface area contributed by atoms with Gasteiger partial charge in [-0.05, 0) is 12.1 Å². The average molecular weight is 418 g/mol. The van der Waals surface area contributed by atoms with E-state index >= 15 is 0 Å². The topological polar surface area (TPSA) is 70.4 Å². The van der Waals surface area contributed by atoms with Crippen molar-refractivity contribution in [2.45, 2.75) is 19.3 Å². The molecule has 3 heterocycles. The summed E-state index contributed by atoms with van der Waals surface area (Å²) in [5, 5.41) is 12.2. The number of pyridine rings is 1. The Labute approximate surface area is 172 Å². The number of hydrogen-bond donors (Lipinski definition) is 1.